The lowest BCUT2D eigenvalue weighted by atomic mass is 9.94. The van der Waals surface area contributed by atoms with E-state index in [-0.39, 0.29) is 0 Å². The highest BCUT2D eigenvalue weighted by atomic mass is 16.5. The summed E-state index contributed by atoms with van der Waals surface area (Å²) in [6, 6.07) is 15.3. The van der Waals surface area contributed by atoms with E-state index in [1.807, 2.05) is 6.07 Å². The molecule has 22 heavy (non-hydrogen) atoms. The van der Waals surface area contributed by atoms with Crippen LogP contribution in [0.3, 0.4) is 0 Å². The standard InChI is InChI=1S/C19H23NO2/c1-21-18-12-8-14(13-19(18)22-2)7-10-16-11-9-15-5-3-4-6-17(15)20-16/h3-6,8,12-13,16,20H,7,9-11H2,1-2H3. The lowest BCUT2D eigenvalue weighted by molar-refractivity contribution is 0.354. The SMILES string of the molecule is COc1ccc(CCC2CCc3ccccc3N2)cc1OC. The lowest BCUT2D eigenvalue weighted by Gasteiger charge is -2.27. The van der Waals surface area contributed by atoms with Gasteiger partial charge >= 0.3 is 0 Å². The Hall–Kier alpha value is -2.16. The first-order valence-electron chi connectivity index (χ1n) is 7.85. The van der Waals surface area contributed by atoms with Crippen molar-refractivity contribution >= 4 is 5.69 Å². The summed E-state index contributed by atoms with van der Waals surface area (Å²) in [6.45, 7) is 0. The van der Waals surface area contributed by atoms with Crippen molar-refractivity contribution in [3.05, 3.63) is 53.6 Å². The van der Waals surface area contributed by atoms with Crippen LogP contribution in [0.5, 0.6) is 11.5 Å². The number of hydrogen-bond acceptors (Lipinski definition) is 3. The summed E-state index contributed by atoms with van der Waals surface area (Å²) < 4.78 is 10.7. The molecule has 0 saturated heterocycles. The van der Waals surface area contributed by atoms with Crippen molar-refractivity contribution in [3.63, 3.8) is 0 Å². The zero-order chi connectivity index (χ0) is 15.4. The Bertz CT molecular complexity index is 639. The quantitative estimate of drug-likeness (QED) is 0.902. The number of fused-ring (bicyclic) bond motifs is 1. The molecule has 0 fully saturated rings. The maximum absolute atomic E-state index is 5.37. The van der Waals surface area contributed by atoms with E-state index in [1.54, 1.807) is 14.2 Å². The predicted molar refractivity (Wildman–Crippen MR) is 90.0 cm³/mol. The lowest BCUT2D eigenvalue weighted by Crippen LogP contribution is -2.25. The number of anilines is 1. The molecule has 2 aromatic rings. The zero-order valence-corrected chi connectivity index (χ0v) is 13.3. The fraction of sp³-hybridized carbons (Fsp3) is 0.368. The van der Waals surface area contributed by atoms with Gasteiger partial charge < -0.3 is 14.8 Å². The smallest absolute Gasteiger partial charge is 0.160 e. The van der Waals surface area contributed by atoms with Crippen LogP contribution in [0, 0.1) is 0 Å². The van der Waals surface area contributed by atoms with Gasteiger partial charge in [-0.15, -0.1) is 0 Å². The minimum absolute atomic E-state index is 0.544. The minimum Gasteiger partial charge on any atom is -0.493 e. The van der Waals surface area contributed by atoms with Gasteiger partial charge in [-0.25, -0.2) is 0 Å². The van der Waals surface area contributed by atoms with Gasteiger partial charge in [-0.1, -0.05) is 24.3 Å². The number of hydrogen-bond donors (Lipinski definition) is 1. The van der Waals surface area contributed by atoms with E-state index in [9.17, 15) is 0 Å². The molecular formula is C19H23NO2. The third-order valence-electron chi connectivity index (χ3n) is 4.37. The minimum atomic E-state index is 0.544. The normalized spacial score (nSPS) is 16.5. The second-order valence-corrected chi connectivity index (χ2v) is 5.77. The molecule has 1 aliphatic heterocycles. The van der Waals surface area contributed by atoms with Crippen molar-refractivity contribution in [1.29, 1.82) is 0 Å². The summed E-state index contributed by atoms with van der Waals surface area (Å²) in [4.78, 5) is 0. The summed E-state index contributed by atoms with van der Waals surface area (Å²) in [5.41, 5.74) is 4.02. The van der Waals surface area contributed by atoms with Gasteiger partial charge in [0.2, 0.25) is 0 Å². The molecule has 0 amide bonds. The Kier molecular flexibility index (Phi) is 4.52. The fourth-order valence-corrected chi connectivity index (χ4v) is 3.09. The van der Waals surface area contributed by atoms with Gasteiger partial charge in [0.25, 0.3) is 0 Å². The van der Waals surface area contributed by atoms with E-state index in [2.05, 4.69) is 41.7 Å². The number of nitrogens with one attached hydrogen (secondary N) is 1. The molecule has 0 radical (unpaired) electrons. The Labute approximate surface area is 132 Å². The third-order valence-corrected chi connectivity index (χ3v) is 4.37. The van der Waals surface area contributed by atoms with Gasteiger partial charge in [-0.05, 0) is 55.0 Å². The highest BCUT2D eigenvalue weighted by Gasteiger charge is 2.17. The van der Waals surface area contributed by atoms with Crippen LogP contribution >= 0.6 is 0 Å². The second-order valence-electron chi connectivity index (χ2n) is 5.77. The highest BCUT2D eigenvalue weighted by molar-refractivity contribution is 5.53. The van der Waals surface area contributed by atoms with Gasteiger partial charge in [0, 0.05) is 11.7 Å². The van der Waals surface area contributed by atoms with Crippen molar-refractivity contribution in [2.45, 2.75) is 31.7 Å². The van der Waals surface area contributed by atoms with Crippen LogP contribution in [0.1, 0.15) is 24.0 Å². The Morgan fingerprint density at radius 3 is 2.68 bits per heavy atom. The number of methoxy groups -OCH3 is 2. The Balaban J connectivity index is 1.62. The number of aryl methyl sites for hydroxylation is 2. The van der Waals surface area contributed by atoms with Crippen LogP contribution in [0.2, 0.25) is 0 Å². The summed E-state index contributed by atoms with van der Waals surface area (Å²) in [5.74, 6) is 1.60. The Morgan fingerprint density at radius 1 is 1.05 bits per heavy atom. The van der Waals surface area contributed by atoms with E-state index < -0.39 is 0 Å². The van der Waals surface area contributed by atoms with E-state index in [4.69, 9.17) is 9.47 Å². The zero-order valence-electron chi connectivity index (χ0n) is 13.3. The van der Waals surface area contributed by atoms with Gasteiger partial charge in [0.05, 0.1) is 14.2 Å². The molecule has 1 heterocycles. The monoisotopic (exact) mass is 297 g/mol. The van der Waals surface area contributed by atoms with Gasteiger partial charge in [-0.2, -0.15) is 0 Å². The molecule has 3 rings (SSSR count). The molecule has 116 valence electrons. The van der Waals surface area contributed by atoms with Crippen molar-refractivity contribution in [1.82, 2.24) is 0 Å². The van der Waals surface area contributed by atoms with E-state index in [0.29, 0.717) is 6.04 Å². The van der Waals surface area contributed by atoms with Gasteiger partial charge in [-0.3, -0.25) is 0 Å². The Morgan fingerprint density at radius 2 is 1.86 bits per heavy atom. The molecule has 0 aliphatic carbocycles. The molecule has 0 bridgehead atoms. The second kappa shape index (κ2) is 6.73. The van der Waals surface area contributed by atoms with Crippen LogP contribution < -0.4 is 14.8 Å². The molecule has 2 aromatic carbocycles. The molecule has 1 aliphatic rings. The van der Waals surface area contributed by atoms with Crippen LogP contribution in [-0.4, -0.2) is 20.3 Å². The van der Waals surface area contributed by atoms with Crippen LogP contribution in [0.15, 0.2) is 42.5 Å². The van der Waals surface area contributed by atoms with Crippen molar-refractivity contribution in [3.8, 4) is 11.5 Å². The molecule has 0 aromatic heterocycles. The van der Waals surface area contributed by atoms with Crippen molar-refractivity contribution in [2.75, 3.05) is 19.5 Å². The average Bonchev–Trinajstić information content (AvgIpc) is 2.59. The number of ether oxygens (including phenoxy) is 2. The largest absolute Gasteiger partial charge is 0.493 e. The molecule has 1 unspecified atom stereocenters. The molecule has 0 saturated carbocycles. The average molecular weight is 297 g/mol. The molecule has 3 nitrogen and oxygen atoms in total. The summed E-state index contributed by atoms with van der Waals surface area (Å²) in [6.07, 6.45) is 4.54. The maximum atomic E-state index is 5.37. The number of rotatable bonds is 5. The molecule has 1 N–H and O–H groups in total. The van der Waals surface area contributed by atoms with Crippen LogP contribution in [-0.2, 0) is 12.8 Å². The van der Waals surface area contributed by atoms with Crippen molar-refractivity contribution < 1.29 is 9.47 Å². The highest BCUT2D eigenvalue weighted by Crippen LogP contribution is 2.29. The van der Waals surface area contributed by atoms with Crippen LogP contribution in [0.4, 0.5) is 5.69 Å². The molecule has 3 heteroatoms. The molecule has 0 spiro atoms. The summed E-state index contributed by atoms with van der Waals surface area (Å²) in [7, 11) is 3.35. The first-order chi connectivity index (χ1) is 10.8. The van der Waals surface area contributed by atoms with E-state index >= 15 is 0 Å². The van der Waals surface area contributed by atoms with Gasteiger partial charge in [0.1, 0.15) is 0 Å². The molecular weight excluding hydrogens is 274 g/mol. The maximum Gasteiger partial charge on any atom is 0.160 e. The third kappa shape index (κ3) is 3.19. The number of benzene rings is 2. The number of para-hydroxylation sites is 1. The molecule has 1 atom stereocenters. The van der Waals surface area contributed by atoms with E-state index in [1.165, 1.54) is 29.7 Å². The topological polar surface area (TPSA) is 30.5 Å². The first-order valence-corrected chi connectivity index (χ1v) is 7.85. The van der Waals surface area contributed by atoms with Crippen LogP contribution in [0.25, 0.3) is 0 Å². The van der Waals surface area contributed by atoms with E-state index in [0.717, 1.165) is 24.3 Å². The fourth-order valence-electron chi connectivity index (χ4n) is 3.09. The van der Waals surface area contributed by atoms with Gasteiger partial charge in [0.15, 0.2) is 11.5 Å². The predicted octanol–water partition coefficient (Wildman–Crippen LogP) is 4.06. The first kappa shape index (κ1) is 14.8. The summed E-state index contributed by atoms with van der Waals surface area (Å²) >= 11 is 0. The van der Waals surface area contributed by atoms with Crippen molar-refractivity contribution in [2.24, 2.45) is 0 Å². The summed E-state index contributed by atoms with van der Waals surface area (Å²) in [5, 5.41) is 3.66.